The van der Waals surface area contributed by atoms with Crippen LogP contribution < -0.4 is 0 Å². The number of fused-ring (bicyclic) bond motifs is 3. The predicted octanol–water partition coefficient (Wildman–Crippen LogP) is 6.77. The molecule has 4 rings (SSSR count). The summed E-state index contributed by atoms with van der Waals surface area (Å²) in [5.41, 5.74) is 6.02. The van der Waals surface area contributed by atoms with Gasteiger partial charge in [0.25, 0.3) is 0 Å². The SMILES string of the molecule is C=Cc1c(/C=C\C)c2ccc3ccccc3c2n1-c1ccc(C)cc1. The number of allylic oxidation sites excluding steroid dienone is 1. The molecule has 1 heterocycles. The molecule has 0 fully saturated rings. The van der Waals surface area contributed by atoms with Gasteiger partial charge in [0.1, 0.15) is 0 Å². The van der Waals surface area contributed by atoms with Gasteiger partial charge in [0.15, 0.2) is 0 Å². The summed E-state index contributed by atoms with van der Waals surface area (Å²) in [5, 5.41) is 3.77. The monoisotopic (exact) mass is 323 g/mol. The van der Waals surface area contributed by atoms with Gasteiger partial charge in [-0.3, -0.25) is 0 Å². The topological polar surface area (TPSA) is 4.93 Å². The molecule has 0 aliphatic heterocycles. The van der Waals surface area contributed by atoms with Crippen LogP contribution in [0, 0.1) is 6.92 Å². The highest BCUT2D eigenvalue weighted by Gasteiger charge is 2.16. The summed E-state index contributed by atoms with van der Waals surface area (Å²) < 4.78 is 2.33. The zero-order valence-corrected chi connectivity index (χ0v) is 14.7. The van der Waals surface area contributed by atoms with Crippen LogP contribution in [0.2, 0.25) is 0 Å². The minimum atomic E-state index is 1.13. The average molecular weight is 323 g/mol. The van der Waals surface area contributed by atoms with E-state index in [1.807, 2.05) is 6.08 Å². The van der Waals surface area contributed by atoms with E-state index in [-0.39, 0.29) is 0 Å². The molecule has 0 saturated heterocycles. The van der Waals surface area contributed by atoms with Crippen molar-refractivity contribution >= 4 is 33.8 Å². The van der Waals surface area contributed by atoms with Crippen molar-refractivity contribution in [1.29, 1.82) is 0 Å². The number of hydrogen-bond donors (Lipinski definition) is 0. The van der Waals surface area contributed by atoms with Crippen LogP contribution in [0.1, 0.15) is 23.7 Å². The normalized spacial score (nSPS) is 11.6. The molecule has 0 aliphatic carbocycles. The van der Waals surface area contributed by atoms with Gasteiger partial charge in [-0.2, -0.15) is 0 Å². The van der Waals surface area contributed by atoms with Crippen molar-refractivity contribution in [1.82, 2.24) is 4.57 Å². The zero-order valence-electron chi connectivity index (χ0n) is 14.7. The van der Waals surface area contributed by atoms with Gasteiger partial charge in [-0.25, -0.2) is 0 Å². The fourth-order valence-electron chi connectivity index (χ4n) is 3.60. The minimum Gasteiger partial charge on any atom is -0.309 e. The summed E-state index contributed by atoms with van der Waals surface area (Å²) >= 11 is 0. The molecule has 1 heteroatoms. The summed E-state index contributed by atoms with van der Waals surface area (Å²) in [5.74, 6) is 0. The Morgan fingerprint density at radius 2 is 1.64 bits per heavy atom. The highest BCUT2D eigenvalue weighted by molar-refractivity contribution is 6.11. The third kappa shape index (κ3) is 2.40. The van der Waals surface area contributed by atoms with E-state index in [1.165, 1.54) is 32.8 Å². The summed E-state index contributed by atoms with van der Waals surface area (Å²) in [6, 6.07) is 21.7. The Labute approximate surface area is 148 Å². The van der Waals surface area contributed by atoms with Crippen LogP contribution >= 0.6 is 0 Å². The van der Waals surface area contributed by atoms with Crippen molar-refractivity contribution in [3.63, 3.8) is 0 Å². The molecule has 0 bridgehead atoms. The van der Waals surface area contributed by atoms with Crippen molar-refractivity contribution in [2.45, 2.75) is 13.8 Å². The molecule has 122 valence electrons. The Balaban J connectivity index is 2.23. The molecule has 4 aromatic rings. The molecule has 0 spiro atoms. The first-order valence-electron chi connectivity index (χ1n) is 8.63. The average Bonchev–Trinajstić information content (AvgIpc) is 2.97. The molecule has 0 atom stereocenters. The van der Waals surface area contributed by atoms with Crippen LogP contribution in [0.3, 0.4) is 0 Å². The second-order valence-corrected chi connectivity index (χ2v) is 6.36. The van der Waals surface area contributed by atoms with E-state index in [4.69, 9.17) is 0 Å². The Kier molecular flexibility index (Phi) is 3.77. The summed E-state index contributed by atoms with van der Waals surface area (Å²) in [6.07, 6.45) is 6.24. The van der Waals surface area contributed by atoms with Crippen LogP contribution in [0.4, 0.5) is 0 Å². The molecule has 1 nitrogen and oxygen atoms in total. The smallest absolute Gasteiger partial charge is 0.0619 e. The van der Waals surface area contributed by atoms with Gasteiger partial charge in [0.2, 0.25) is 0 Å². The Bertz CT molecular complexity index is 1110. The number of aryl methyl sites for hydroxylation is 1. The molecule has 1 aromatic heterocycles. The summed E-state index contributed by atoms with van der Waals surface area (Å²) in [6.45, 7) is 8.27. The second kappa shape index (κ2) is 6.10. The van der Waals surface area contributed by atoms with Crippen LogP contribution in [-0.2, 0) is 0 Å². The highest BCUT2D eigenvalue weighted by atomic mass is 15.0. The highest BCUT2D eigenvalue weighted by Crippen LogP contribution is 2.36. The van der Waals surface area contributed by atoms with E-state index < -0.39 is 0 Å². The first-order valence-corrected chi connectivity index (χ1v) is 8.63. The van der Waals surface area contributed by atoms with Gasteiger partial charge >= 0.3 is 0 Å². The molecule has 3 aromatic carbocycles. The predicted molar refractivity (Wildman–Crippen MR) is 110 cm³/mol. The maximum absolute atomic E-state index is 4.10. The molecular formula is C24H21N. The molecule has 0 aliphatic rings. The van der Waals surface area contributed by atoms with E-state index in [1.54, 1.807) is 0 Å². The van der Waals surface area contributed by atoms with Crippen LogP contribution in [0.5, 0.6) is 0 Å². The number of benzene rings is 3. The van der Waals surface area contributed by atoms with E-state index in [9.17, 15) is 0 Å². The molecule has 0 unspecified atom stereocenters. The quantitative estimate of drug-likeness (QED) is 0.392. The zero-order chi connectivity index (χ0) is 17.4. The lowest BCUT2D eigenvalue weighted by atomic mass is 10.0. The third-order valence-corrected chi connectivity index (χ3v) is 4.75. The summed E-state index contributed by atoms with van der Waals surface area (Å²) in [4.78, 5) is 0. The fourth-order valence-corrected chi connectivity index (χ4v) is 3.60. The van der Waals surface area contributed by atoms with E-state index in [2.05, 4.69) is 97.8 Å². The standard InChI is InChI=1S/C24H21N/c1-4-8-21-22-16-13-18-9-6-7-10-20(18)24(22)25(23(21)5-2)19-14-11-17(3)12-15-19/h4-16H,2H2,1,3H3/b8-4-. The van der Waals surface area contributed by atoms with Gasteiger partial charge in [0, 0.05) is 22.0 Å². The van der Waals surface area contributed by atoms with Crippen LogP contribution in [0.15, 0.2) is 73.3 Å². The van der Waals surface area contributed by atoms with Crippen molar-refractivity contribution in [3.05, 3.63) is 90.1 Å². The molecule has 25 heavy (non-hydrogen) atoms. The Morgan fingerprint density at radius 1 is 0.880 bits per heavy atom. The molecule has 0 saturated carbocycles. The molecule has 0 radical (unpaired) electrons. The fraction of sp³-hybridized carbons (Fsp3) is 0.0833. The van der Waals surface area contributed by atoms with Gasteiger partial charge in [-0.15, -0.1) is 0 Å². The Hall–Kier alpha value is -3.06. The summed E-state index contributed by atoms with van der Waals surface area (Å²) in [7, 11) is 0. The largest absolute Gasteiger partial charge is 0.309 e. The molecular weight excluding hydrogens is 302 g/mol. The van der Waals surface area contributed by atoms with Crippen molar-refractivity contribution < 1.29 is 0 Å². The van der Waals surface area contributed by atoms with E-state index >= 15 is 0 Å². The lowest BCUT2D eigenvalue weighted by molar-refractivity contribution is 1.11. The van der Waals surface area contributed by atoms with Crippen molar-refractivity contribution in [2.75, 3.05) is 0 Å². The third-order valence-electron chi connectivity index (χ3n) is 4.75. The van der Waals surface area contributed by atoms with E-state index in [0.717, 1.165) is 11.4 Å². The van der Waals surface area contributed by atoms with Gasteiger partial charge in [-0.1, -0.05) is 72.8 Å². The maximum atomic E-state index is 4.10. The second-order valence-electron chi connectivity index (χ2n) is 6.36. The number of hydrogen-bond acceptors (Lipinski definition) is 0. The number of nitrogens with zero attached hydrogens (tertiary/aromatic N) is 1. The van der Waals surface area contributed by atoms with Crippen LogP contribution in [0.25, 0.3) is 39.5 Å². The minimum absolute atomic E-state index is 1.13. The number of aromatic nitrogens is 1. The van der Waals surface area contributed by atoms with Gasteiger partial charge in [0.05, 0.1) is 11.2 Å². The first kappa shape index (κ1) is 15.5. The first-order chi connectivity index (χ1) is 12.2. The van der Waals surface area contributed by atoms with Crippen molar-refractivity contribution in [2.24, 2.45) is 0 Å². The Morgan fingerprint density at radius 3 is 2.36 bits per heavy atom. The van der Waals surface area contributed by atoms with Gasteiger partial charge in [-0.05, 0) is 37.4 Å². The van der Waals surface area contributed by atoms with Crippen molar-refractivity contribution in [3.8, 4) is 5.69 Å². The van der Waals surface area contributed by atoms with Gasteiger partial charge < -0.3 is 4.57 Å². The molecule has 0 amide bonds. The maximum Gasteiger partial charge on any atom is 0.0619 e. The lowest BCUT2D eigenvalue weighted by Crippen LogP contribution is -1.97. The van der Waals surface area contributed by atoms with Crippen LogP contribution in [-0.4, -0.2) is 4.57 Å². The van der Waals surface area contributed by atoms with E-state index in [0.29, 0.717) is 0 Å². The lowest BCUT2D eigenvalue weighted by Gasteiger charge is -2.11. The number of rotatable bonds is 3. The molecule has 0 N–H and O–H groups in total.